The van der Waals surface area contributed by atoms with Crippen LogP contribution in [-0.2, 0) is 6.18 Å². The molecule has 0 N–H and O–H groups in total. The number of aromatic nitrogens is 1. The van der Waals surface area contributed by atoms with E-state index < -0.39 is 11.9 Å². The zero-order chi connectivity index (χ0) is 15.1. The third-order valence-corrected chi connectivity index (χ3v) is 4.06. The van der Waals surface area contributed by atoms with Crippen LogP contribution in [-0.4, -0.2) is 4.98 Å². The molecule has 2 aromatic rings. The van der Waals surface area contributed by atoms with E-state index in [9.17, 15) is 13.2 Å². The van der Waals surface area contributed by atoms with E-state index >= 15 is 0 Å². The van der Waals surface area contributed by atoms with E-state index in [-0.39, 0.29) is 24.9 Å². The smallest absolute Gasteiger partial charge is 0.242 e. The Hall–Kier alpha value is -0.240. The zero-order valence-corrected chi connectivity index (χ0v) is 13.8. The average Bonchev–Trinajstić information content (AvgIpc) is 2.28. The van der Waals surface area contributed by atoms with Crippen LogP contribution in [0, 0.1) is 3.57 Å². The number of hydrogen-bond acceptors (Lipinski definition) is 1. The lowest BCUT2D eigenvalue weighted by Gasteiger charge is -2.12. The van der Waals surface area contributed by atoms with Gasteiger partial charge >= 0.3 is 6.18 Å². The highest BCUT2D eigenvalue weighted by molar-refractivity contribution is 14.1. The van der Waals surface area contributed by atoms with Crippen molar-refractivity contribution in [3.8, 4) is 11.3 Å². The van der Waals surface area contributed by atoms with Crippen molar-refractivity contribution in [2.24, 2.45) is 0 Å². The number of nitrogens with zero attached hydrogens (tertiary/aromatic N) is 1. The Morgan fingerprint density at radius 3 is 2.05 bits per heavy atom. The van der Waals surface area contributed by atoms with Crippen LogP contribution in [0.5, 0.6) is 0 Å². The summed E-state index contributed by atoms with van der Waals surface area (Å²) in [4.78, 5) is 3.62. The minimum absolute atomic E-state index is 0.0000541. The second kappa shape index (κ2) is 5.87. The predicted molar refractivity (Wildman–Crippen MR) is 82.4 cm³/mol. The van der Waals surface area contributed by atoms with Crippen LogP contribution in [0.15, 0.2) is 24.3 Å². The van der Waals surface area contributed by atoms with Crippen LogP contribution in [0.2, 0.25) is 15.1 Å². The van der Waals surface area contributed by atoms with Gasteiger partial charge in [-0.2, -0.15) is 13.2 Å². The molecule has 0 aliphatic rings. The lowest BCUT2D eigenvalue weighted by atomic mass is 10.1. The second-order valence-electron chi connectivity index (χ2n) is 3.77. The SMILES string of the molecule is FC(F)(F)c1nc(-c2c(Cl)cc(Cl)cc2Cl)ccc1I. The van der Waals surface area contributed by atoms with Gasteiger partial charge in [0.15, 0.2) is 5.69 Å². The van der Waals surface area contributed by atoms with Gasteiger partial charge in [0, 0.05) is 14.2 Å². The van der Waals surface area contributed by atoms with Crippen LogP contribution in [0.25, 0.3) is 11.3 Å². The second-order valence-corrected chi connectivity index (χ2v) is 6.18. The number of rotatable bonds is 1. The molecule has 2 rings (SSSR count). The average molecular weight is 452 g/mol. The minimum Gasteiger partial charge on any atom is -0.242 e. The number of hydrogen-bond donors (Lipinski definition) is 0. The topological polar surface area (TPSA) is 12.9 Å². The molecular formula is C12H4Cl3F3IN. The van der Waals surface area contributed by atoms with Crippen molar-refractivity contribution in [1.82, 2.24) is 4.98 Å². The van der Waals surface area contributed by atoms with Crippen LogP contribution in [0.4, 0.5) is 13.2 Å². The van der Waals surface area contributed by atoms with Crippen LogP contribution >= 0.6 is 57.4 Å². The molecule has 0 saturated carbocycles. The number of pyridine rings is 1. The molecule has 0 fully saturated rings. The van der Waals surface area contributed by atoms with E-state index in [1.165, 1.54) is 24.3 Å². The molecule has 0 unspecified atom stereocenters. The molecule has 1 aromatic carbocycles. The molecule has 0 atom stereocenters. The Morgan fingerprint density at radius 2 is 1.55 bits per heavy atom. The van der Waals surface area contributed by atoms with E-state index in [2.05, 4.69) is 4.98 Å². The highest BCUT2D eigenvalue weighted by Crippen LogP contribution is 2.38. The highest BCUT2D eigenvalue weighted by atomic mass is 127. The third kappa shape index (κ3) is 3.32. The van der Waals surface area contributed by atoms with Crippen molar-refractivity contribution in [3.05, 3.63) is 48.6 Å². The maximum absolute atomic E-state index is 12.9. The van der Waals surface area contributed by atoms with Crippen molar-refractivity contribution in [3.63, 3.8) is 0 Å². The van der Waals surface area contributed by atoms with Crippen molar-refractivity contribution >= 4 is 57.4 Å². The molecule has 106 valence electrons. The van der Waals surface area contributed by atoms with E-state index in [0.717, 1.165) is 0 Å². The summed E-state index contributed by atoms with van der Waals surface area (Å²) in [6.07, 6.45) is -4.54. The van der Waals surface area contributed by atoms with Gasteiger partial charge in [0.2, 0.25) is 0 Å². The molecule has 1 aromatic heterocycles. The largest absolute Gasteiger partial charge is 0.434 e. The summed E-state index contributed by atoms with van der Waals surface area (Å²) in [5.41, 5.74) is -0.707. The molecule has 0 spiro atoms. The first-order chi connectivity index (χ1) is 9.20. The number of alkyl halides is 3. The third-order valence-electron chi connectivity index (χ3n) is 2.38. The van der Waals surface area contributed by atoms with Gasteiger partial charge in [-0.05, 0) is 46.9 Å². The Morgan fingerprint density at radius 1 is 1.00 bits per heavy atom. The van der Waals surface area contributed by atoms with Gasteiger partial charge in [-0.1, -0.05) is 34.8 Å². The molecule has 1 nitrogen and oxygen atoms in total. The maximum Gasteiger partial charge on any atom is 0.434 e. The summed E-state index contributed by atoms with van der Waals surface area (Å²) in [6, 6.07) is 5.54. The van der Waals surface area contributed by atoms with Gasteiger partial charge in [-0.3, -0.25) is 0 Å². The quantitative estimate of drug-likeness (QED) is 0.461. The van der Waals surface area contributed by atoms with E-state index in [0.29, 0.717) is 5.02 Å². The van der Waals surface area contributed by atoms with Crippen LogP contribution in [0.1, 0.15) is 5.69 Å². The fourth-order valence-corrected chi connectivity index (χ4v) is 3.18. The number of benzene rings is 1. The summed E-state index contributed by atoms with van der Waals surface area (Å²) >= 11 is 19.3. The Bertz CT molecular complexity index is 650. The molecule has 0 bridgehead atoms. The summed E-state index contributed by atoms with van der Waals surface area (Å²) < 4.78 is 38.6. The van der Waals surface area contributed by atoms with Crippen molar-refractivity contribution in [2.45, 2.75) is 6.18 Å². The summed E-state index contributed by atoms with van der Waals surface area (Å²) in [5.74, 6) is 0. The normalized spacial score (nSPS) is 11.8. The molecule has 20 heavy (non-hydrogen) atoms. The van der Waals surface area contributed by atoms with Crippen molar-refractivity contribution in [2.75, 3.05) is 0 Å². The first-order valence-corrected chi connectivity index (χ1v) is 7.30. The predicted octanol–water partition coefficient (Wildman–Crippen LogP) is 6.33. The summed E-state index contributed by atoms with van der Waals surface area (Å²) in [6.45, 7) is 0. The van der Waals surface area contributed by atoms with Gasteiger partial charge in [0.1, 0.15) is 0 Å². The molecule has 0 amide bonds. The molecular weight excluding hydrogens is 448 g/mol. The molecule has 0 aliphatic carbocycles. The zero-order valence-electron chi connectivity index (χ0n) is 9.40. The number of halogens is 7. The van der Waals surface area contributed by atoms with E-state index in [1.54, 1.807) is 22.6 Å². The van der Waals surface area contributed by atoms with Gasteiger partial charge in [0.25, 0.3) is 0 Å². The minimum atomic E-state index is -4.54. The van der Waals surface area contributed by atoms with Crippen LogP contribution < -0.4 is 0 Å². The molecule has 1 heterocycles. The van der Waals surface area contributed by atoms with Gasteiger partial charge in [-0.15, -0.1) is 0 Å². The van der Waals surface area contributed by atoms with Gasteiger partial charge in [0.05, 0.1) is 15.7 Å². The monoisotopic (exact) mass is 451 g/mol. The van der Waals surface area contributed by atoms with Gasteiger partial charge < -0.3 is 0 Å². The Kier molecular flexibility index (Phi) is 4.73. The first kappa shape index (κ1) is 16.1. The first-order valence-electron chi connectivity index (χ1n) is 5.09. The summed E-state index contributed by atoms with van der Waals surface area (Å²) in [7, 11) is 0. The van der Waals surface area contributed by atoms with E-state index in [1.807, 2.05) is 0 Å². The molecule has 0 radical (unpaired) electrons. The highest BCUT2D eigenvalue weighted by Gasteiger charge is 2.35. The van der Waals surface area contributed by atoms with Crippen molar-refractivity contribution in [1.29, 1.82) is 0 Å². The maximum atomic E-state index is 12.9. The lowest BCUT2D eigenvalue weighted by Crippen LogP contribution is -2.11. The van der Waals surface area contributed by atoms with E-state index in [4.69, 9.17) is 34.8 Å². The Balaban J connectivity index is 2.66. The fraction of sp³-hybridized carbons (Fsp3) is 0.0833. The molecule has 0 saturated heterocycles. The fourth-order valence-electron chi connectivity index (χ4n) is 1.57. The summed E-state index contributed by atoms with van der Waals surface area (Å²) in [5, 5.41) is 0.582. The van der Waals surface area contributed by atoms with Crippen molar-refractivity contribution < 1.29 is 13.2 Å². The Labute approximate surface area is 141 Å². The van der Waals surface area contributed by atoms with Crippen LogP contribution in [0.3, 0.4) is 0 Å². The molecule has 0 aliphatic heterocycles. The molecule has 8 heteroatoms. The standard InChI is InChI=1S/C12H4Cl3F3IN/c13-5-3-6(14)10(7(15)4-5)9-2-1-8(19)11(20-9)12(16,17)18/h1-4H. The lowest BCUT2D eigenvalue weighted by molar-refractivity contribution is -0.141. The van der Waals surface area contributed by atoms with Gasteiger partial charge in [-0.25, -0.2) is 4.98 Å².